The first-order valence-electron chi connectivity index (χ1n) is 15.3. The molecule has 2 saturated carbocycles. The van der Waals surface area contributed by atoms with E-state index in [4.69, 9.17) is 10.2 Å². The second kappa shape index (κ2) is 12.0. The number of fused-ring (bicyclic) bond motifs is 3. The van der Waals surface area contributed by atoms with Gasteiger partial charge in [-0.15, -0.1) is 0 Å². The molecule has 5 rings (SSSR count). The lowest BCUT2D eigenvalue weighted by atomic mass is 9.52. The molecule has 6 unspecified atom stereocenters. The summed E-state index contributed by atoms with van der Waals surface area (Å²) in [5, 5.41) is 23.5. The van der Waals surface area contributed by atoms with Crippen LogP contribution in [-0.2, 0) is 32.1 Å². The quantitative estimate of drug-likeness (QED) is 0.319. The van der Waals surface area contributed by atoms with E-state index in [1.165, 1.54) is 4.90 Å². The lowest BCUT2D eigenvalue weighted by Crippen LogP contribution is -2.74. The minimum absolute atomic E-state index is 0.0117. The smallest absolute Gasteiger partial charge is 0.235 e. The Labute approximate surface area is 267 Å². The number of primary amides is 1. The lowest BCUT2D eigenvalue weighted by molar-refractivity contribution is -0.181. The van der Waals surface area contributed by atoms with Crippen molar-refractivity contribution in [2.45, 2.75) is 31.0 Å². The van der Waals surface area contributed by atoms with Gasteiger partial charge in [0.1, 0.15) is 17.3 Å². The molecule has 0 aliphatic heterocycles. The molecule has 1 heterocycles. The molecule has 0 spiro atoms. The largest absolute Gasteiger partial charge is 0.506 e. The standard InChI is InChI=1S/C33H43N5O8/c1-35(2)10-11-38(7)15-17-8-9-22(46-17)19-14-21(36(3)4)18-12-16-13-20-26(37(5)6)29(41)25(32(34)44)31(43)33(20,45)30(42)23(16)28(40)24(18)27(19)39/h8-9,14,16,20,23,25-26,39,45H,10-13,15H2,1-7H3,(H2,34,44). The first kappa shape index (κ1) is 33.5. The van der Waals surface area contributed by atoms with E-state index in [0.717, 1.165) is 13.1 Å². The van der Waals surface area contributed by atoms with Crippen LogP contribution in [-0.4, -0.2) is 128 Å². The predicted molar refractivity (Wildman–Crippen MR) is 168 cm³/mol. The number of anilines is 1. The van der Waals surface area contributed by atoms with Crippen molar-refractivity contribution in [3.05, 3.63) is 35.1 Å². The van der Waals surface area contributed by atoms with Gasteiger partial charge in [0, 0.05) is 38.8 Å². The number of nitrogens with two attached hydrogens (primary N) is 1. The van der Waals surface area contributed by atoms with Crippen LogP contribution < -0.4 is 10.6 Å². The molecule has 1 aromatic heterocycles. The van der Waals surface area contributed by atoms with Crippen LogP contribution in [0.4, 0.5) is 5.69 Å². The normalized spacial score (nSPS) is 27.7. The van der Waals surface area contributed by atoms with Crippen molar-refractivity contribution in [2.75, 3.05) is 67.3 Å². The van der Waals surface area contributed by atoms with Crippen LogP contribution in [0, 0.1) is 23.7 Å². The fourth-order valence-corrected chi connectivity index (χ4v) is 7.56. The number of likely N-dealkylation sites (N-methyl/N-ethyl adjacent to an activating group) is 3. The number of hydrogen-bond donors (Lipinski definition) is 3. The van der Waals surface area contributed by atoms with Gasteiger partial charge in [0.05, 0.1) is 29.6 Å². The summed E-state index contributed by atoms with van der Waals surface area (Å²) in [6.07, 6.45) is 0.162. The van der Waals surface area contributed by atoms with Gasteiger partial charge in [-0.3, -0.25) is 33.8 Å². The average Bonchev–Trinajstić information content (AvgIpc) is 3.41. The zero-order valence-electron chi connectivity index (χ0n) is 27.4. The summed E-state index contributed by atoms with van der Waals surface area (Å²) in [4.78, 5) is 75.0. The Morgan fingerprint density at radius 2 is 1.70 bits per heavy atom. The van der Waals surface area contributed by atoms with Crippen LogP contribution in [0.15, 0.2) is 22.6 Å². The Bertz CT molecular complexity index is 1610. The number of carbonyl (C=O) groups is 5. The van der Waals surface area contributed by atoms with Crippen LogP contribution in [0.2, 0.25) is 0 Å². The summed E-state index contributed by atoms with van der Waals surface area (Å²) < 4.78 is 6.12. The molecule has 1 amide bonds. The number of furan rings is 1. The number of aromatic hydroxyl groups is 1. The van der Waals surface area contributed by atoms with Crippen LogP contribution in [0.1, 0.15) is 28.1 Å². The van der Waals surface area contributed by atoms with Gasteiger partial charge in [0.2, 0.25) is 5.91 Å². The number of nitrogens with zero attached hydrogens (tertiary/aromatic N) is 4. The Hall–Kier alpha value is -3.91. The molecule has 2 fully saturated rings. The Morgan fingerprint density at radius 1 is 1.02 bits per heavy atom. The molecule has 2 aromatic rings. The second-order valence-electron chi connectivity index (χ2n) is 13.6. The van der Waals surface area contributed by atoms with E-state index < -0.39 is 64.4 Å². The third kappa shape index (κ3) is 5.24. The fraction of sp³-hybridized carbons (Fsp3) is 0.545. The minimum atomic E-state index is -2.77. The summed E-state index contributed by atoms with van der Waals surface area (Å²) in [5.41, 5.74) is 3.98. The number of Topliss-reactive ketones (excluding diaryl/α,β-unsaturated/α-hetero) is 4. The van der Waals surface area contributed by atoms with E-state index in [1.807, 2.05) is 26.0 Å². The lowest BCUT2D eigenvalue weighted by Gasteiger charge is -2.52. The highest BCUT2D eigenvalue weighted by Gasteiger charge is 2.69. The summed E-state index contributed by atoms with van der Waals surface area (Å²) in [7, 11) is 12.7. The molecule has 0 bridgehead atoms. The van der Waals surface area contributed by atoms with Gasteiger partial charge in [0.25, 0.3) is 0 Å². The van der Waals surface area contributed by atoms with Gasteiger partial charge in [-0.2, -0.15) is 0 Å². The Morgan fingerprint density at radius 3 is 2.28 bits per heavy atom. The third-order valence-electron chi connectivity index (χ3n) is 9.80. The number of benzene rings is 1. The summed E-state index contributed by atoms with van der Waals surface area (Å²) in [6, 6.07) is 4.12. The molecule has 3 aliphatic rings. The van der Waals surface area contributed by atoms with Crippen molar-refractivity contribution >= 4 is 34.7 Å². The van der Waals surface area contributed by atoms with Gasteiger partial charge in [0.15, 0.2) is 34.7 Å². The molecule has 4 N–H and O–H groups in total. The van der Waals surface area contributed by atoms with Crippen molar-refractivity contribution in [2.24, 2.45) is 29.4 Å². The number of ketones is 4. The van der Waals surface area contributed by atoms with E-state index >= 15 is 0 Å². The molecule has 1 aromatic carbocycles. The van der Waals surface area contributed by atoms with Gasteiger partial charge in [-0.05, 0) is 77.8 Å². The zero-order chi connectivity index (χ0) is 34.0. The summed E-state index contributed by atoms with van der Waals surface area (Å²) in [5.74, 6) is -9.84. The highest BCUT2D eigenvalue weighted by Crippen LogP contribution is 2.53. The highest BCUT2D eigenvalue weighted by atomic mass is 16.3. The Balaban J connectivity index is 1.57. The second-order valence-corrected chi connectivity index (χ2v) is 13.6. The van der Waals surface area contributed by atoms with E-state index in [0.29, 0.717) is 29.3 Å². The van der Waals surface area contributed by atoms with Gasteiger partial charge >= 0.3 is 0 Å². The maximum absolute atomic E-state index is 14.3. The van der Waals surface area contributed by atoms with Crippen molar-refractivity contribution in [3.8, 4) is 17.1 Å². The van der Waals surface area contributed by atoms with Crippen molar-refractivity contribution in [1.29, 1.82) is 0 Å². The molecule has 6 atom stereocenters. The third-order valence-corrected chi connectivity index (χ3v) is 9.80. The van der Waals surface area contributed by atoms with E-state index in [1.54, 1.807) is 46.4 Å². The molecule has 0 saturated heterocycles. The molecule has 3 aliphatic carbocycles. The van der Waals surface area contributed by atoms with E-state index in [-0.39, 0.29) is 29.7 Å². The van der Waals surface area contributed by atoms with Crippen LogP contribution in [0.25, 0.3) is 11.3 Å². The summed E-state index contributed by atoms with van der Waals surface area (Å²) >= 11 is 0. The first-order chi connectivity index (χ1) is 21.5. The number of hydrogen-bond acceptors (Lipinski definition) is 12. The van der Waals surface area contributed by atoms with Gasteiger partial charge < -0.3 is 30.2 Å². The fourth-order valence-electron chi connectivity index (χ4n) is 7.56. The molecule has 13 nitrogen and oxygen atoms in total. The number of amides is 1. The minimum Gasteiger partial charge on any atom is -0.506 e. The molecule has 46 heavy (non-hydrogen) atoms. The van der Waals surface area contributed by atoms with Gasteiger partial charge in [-0.25, -0.2) is 0 Å². The first-order valence-corrected chi connectivity index (χ1v) is 15.3. The van der Waals surface area contributed by atoms with Gasteiger partial charge in [-0.1, -0.05) is 0 Å². The number of aliphatic hydroxyl groups is 1. The molecule has 248 valence electrons. The number of phenols is 1. The van der Waals surface area contributed by atoms with Crippen LogP contribution in [0.3, 0.4) is 0 Å². The maximum atomic E-state index is 14.3. The van der Waals surface area contributed by atoms with Crippen LogP contribution >= 0.6 is 0 Å². The van der Waals surface area contributed by atoms with Crippen LogP contribution in [0.5, 0.6) is 5.75 Å². The monoisotopic (exact) mass is 637 g/mol. The zero-order valence-corrected chi connectivity index (χ0v) is 27.4. The highest BCUT2D eigenvalue weighted by molar-refractivity contribution is 6.32. The molecule has 0 radical (unpaired) electrons. The predicted octanol–water partition coefficient (Wildman–Crippen LogP) is 0.186. The topological polar surface area (TPSA) is 178 Å². The number of rotatable bonds is 9. The number of carbonyl (C=O) groups excluding carboxylic acids is 5. The molecular formula is C33H43N5O8. The molecule has 13 heteroatoms. The van der Waals surface area contributed by atoms with E-state index in [9.17, 15) is 34.2 Å². The number of phenolic OH excluding ortho intramolecular Hbond substituents is 1. The molecular weight excluding hydrogens is 594 g/mol. The SMILES string of the molecule is CN(C)CCN(C)Cc1ccc(-c2cc(N(C)C)c3c(c2O)C(=O)C2C(=O)C4(O)C(=O)C(C(N)=O)C(=O)C(N(C)C)C4CC2C3)o1. The van der Waals surface area contributed by atoms with Crippen molar-refractivity contribution in [1.82, 2.24) is 14.7 Å². The maximum Gasteiger partial charge on any atom is 0.235 e. The van der Waals surface area contributed by atoms with Crippen molar-refractivity contribution in [3.63, 3.8) is 0 Å². The summed E-state index contributed by atoms with van der Waals surface area (Å²) in [6.45, 7) is 2.19. The van der Waals surface area contributed by atoms with E-state index in [2.05, 4.69) is 9.80 Å². The van der Waals surface area contributed by atoms with Crippen molar-refractivity contribution < 1.29 is 38.6 Å². The average molecular weight is 638 g/mol. The Kier molecular flexibility index (Phi) is 8.75.